The Bertz CT molecular complexity index is 750. The van der Waals surface area contributed by atoms with Crippen LogP contribution in [0.2, 0.25) is 0 Å². The first kappa shape index (κ1) is 16.7. The fourth-order valence-electron chi connectivity index (χ4n) is 2.45. The van der Waals surface area contributed by atoms with Crippen LogP contribution in [0, 0.1) is 13.8 Å². The van der Waals surface area contributed by atoms with Gasteiger partial charge < -0.3 is 10.1 Å². The molecule has 1 N–H and O–H groups in total. The predicted molar refractivity (Wildman–Crippen MR) is 91.2 cm³/mol. The maximum atomic E-state index is 12.3. The van der Waals surface area contributed by atoms with E-state index in [2.05, 4.69) is 5.32 Å². The number of hydrogen-bond donors (Lipinski definition) is 1. The van der Waals surface area contributed by atoms with Gasteiger partial charge in [-0.05, 0) is 55.7 Å². The predicted octanol–water partition coefficient (Wildman–Crippen LogP) is 3.70. The first-order valence-corrected chi connectivity index (χ1v) is 7.45. The highest BCUT2D eigenvalue weighted by atomic mass is 16.5. The zero-order chi connectivity index (χ0) is 17.0. The minimum atomic E-state index is -0.113. The molecule has 0 bridgehead atoms. The second-order valence-corrected chi connectivity index (χ2v) is 5.61. The summed E-state index contributed by atoms with van der Waals surface area (Å²) in [7, 11) is 1.64. The van der Waals surface area contributed by atoms with Gasteiger partial charge in [0.15, 0.2) is 5.78 Å². The number of anilines is 1. The van der Waals surface area contributed by atoms with E-state index in [9.17, 15) is 9.59 Å². The maximum Gasteiger partial charge on any atom is 0.228 e. The van der Waals surface area contributed by atoms with E-state index >= 15 is 0 Å². The molecule has 0 spiro atoms. The minimum absolute atomic E-state index is 0.0253. The van der Waals surface area contributed by atoms with Crippen LogP contribution in [0.3, 0.4) is 0 Å². The number of carbonyl (C=O) groups excluding carboxylic acids is 2. The lowest BCUT2D eigenvalue weighted by Gasteiger charge is -2.12. The zero-order valence-corrected chi connectivity index (χ0v) is 13.9. The van der Waals surface area contributed by atoms with Crippen LogP contribution in [-0.4, -0.2) is 18.8 Å². The van der Waals surface area contributed by atoms with E-state index in [1.54, 1.807) is 31.4 Å². The molecule has 0 fully saturated rings. The molecule has 23 heavy (non-hydrogen) atoms. The van der Waals surface area contributed by atoms with E-state index in [0.717, 1.165) is 22.4 Å². The second-order valence-electron chi connectivity index (χ2n) is 5.61. The van der Waals surface area contributed by atoms with E-state index in [0.29, 0.717) is 11.3 Å². The van der Waals surface area contributed by atoms with Gasteiger partial charge in [-0.1, -0.05) is 18.2 Å². The molecule has 4 nitrogen and oxygen atoms in total. The number of benzene rings is 2. The third-order valence-corrected chi connectivity index (χ3v) is 3.76. The molecule has 2 rings (SSSR count). The summed E-state index contributed by atoms with van der Waals surface area (Å²) >= 11 is 0. The number of Topliss-reactive ketones (excluding diaryl/α,β-unsaturated/α-hetero) is 1. The average Bonchev–Trinajstić information content (AvgIpc) is 2.50. The second kappa shape index (κ2) is 7.09. The van der Waals surface area contributed by atoms with Crippen molar-refractivity contribution < 1.29 is 14.3 Å². The number of amides is 1. The van der Waals surface area contributed by atoms with Gasteiger partial charge in [0.1, 0.15) is 5.75 Å². The third-order valence-electron chi connectivity index (χ3n) is 3.76. The first-order chi connectivity index (χ1) is 10.9. The molecule has 0 heterocycles. The molecule has 0 radical (unpaired) electrons. The molecule has 0 unspecified atom stereocenters. The highest BCUT2D eigenvalue weighted by Crippen LogP contribution is 2.23. The van der Waals surface area contributed by atoms with Gasteiger partial charge >= 0.3 is 0 Å². The van der Waals surface area contributed by atoms with Gasteiger partial charge in [-0.2, -0.15) is 0 Å². The average molecular weight is 311 g/mol. The molecule has 2 aromatic carbocycles. The van der Waals surface area contributed by atoms with E-state index in [1.807, 2.05) is 26.0 Å². The summed E-state index contributed by atoms with van der Waals surface area (Å²) in [6.07, 6.45) is 0.279. The molecule has 4 heteroatoms. The summed E-state index contributed by atoms with van der Waals surface area (Å²) in [6, 6.07) is 10.9. The smallest absolute Gasteiger partial charge is 0.228 e. The molecule has 120 valence electrons. The Morgan fingerprint density at radius 2 is 1.83 bits per heavy atom. The lowest BCUT2D eigenvalue weighted by atomic mass is 10.0. The van der Waals surface area contributed by atoms with Gasteiger partial charge in [0.05, 0.1) is 13.5 Å². The number of hydrogen-bond acceptors (Lipinski definition) is 3. The van der Waals surface area contributed by atoms with Crippen molar-refractivity contribution in [3.05, 3.63) is 58.7 Å². The van der Waals surface area contributed by atoms with Crippen molar-refractivity contribution in [3.8, 4) is 5.75 Å². The van der Waals surface area contributed by atoms with Gasteiger partial charge in [0.2, 0.25) is 5.91 Å². The Morgan fingerprint density at radius 3 is 2.48 bits per heavy atom. The van der Waals surface area contributed by atoms with Crippen LogP contribution in [0.15, 0.2) is 36.4 Å². The van der Waals surface area contributed by atoms with Gasteiger partial charge in [-0.3, -0.25) is 9.59 Å². The molecule has 1 amide bonds. The number of ether oxygens (including phenoxy) is 1. The monoisotopic (exact) mass is 311 g/mol. The maximum absolute atomic E-state index is 12.3. The number of methoxy groups -OCH3 is 1. The van der Waals surface area contributed by atoms with Crippen molar-refractivity contribution in [3.63, 3.8) is 0 Å². The molecule has 0 aliphatic heterocycles. The lowest BCUT2D eigenvalue weighted by molar-refractivity contribution is -0.115. The van der Waals surface area contributed by atoms with Gasteiger partial charge in [0.25, 0.3) is 0 Å². The Kier molecular flexibility index (Phi) is 5.16. The van der Waals surface area contributed by atoms with E-state index in [4.69, 9.17) is 4.74 Å². The highest BCUT2D eigenvalue weighted by molar-refractivity contribution is 5.97. The molecule has 0 aliphatic rings. The number of nitrogens with one attached hydrogen (secondary N) is 1. The van der Waals surface area contributed by atoms with Crippen molar-refractivity contribution in [1.29, 1.82) is 0 Å². The number of carbonyl (C=O) groups is 2. The number of ketones is 1. The Hall–Kier alpha value is -2.62. The summed E-state index contributed by atoms with van der Waals surface area (Å²) in [4.78, 5) is 23.6. The summed E-state index contributed by atoms with van der Waals surface area (Å²) in [5.41, 5.74) is 4.19. The topological polar surface area (TPSA) is 55.4 Å². The van der Waals surface area contributed by atoms with Crippen LogP contribution in [-0.2, 0) is 11.2 Å². The molecule has 2 aromatic rings. The summed E-state index contributed by atoms with van der Waals surface area (Å²) < 4.78 is 5.28. The quantitative estimate of drug-likeness (QED) is 0.857. The fourth-order valence-corrected chi connectivity index (χ4v) is 2.45. The Balaban J connectivity index is 2.12. The Labute approximate surface area is 136 Å². The van der Waals surface area contributed by atoms with Crippen molar-refractivity contribution in [2.24, 2.45) is 0 Å². The van der Waals surface area contributed by atoms with Crippen LogP contribution in [0.5, 0.6) is 5.75 Å². The fraction of sp³-hybridized carbons (Fsp3) is 0.263. The van der Waals surface area contributed by atoms with Gasteiger partial charge in [-0.25, -0.2) is 0 Å². The Morgan fingerprint density at radius 1 is 1.09 bits per heavy atom. The third kappa shape index (κ3) is 4.19. The first-order valence-electron chi connectivity index (χ1n) is 7.45. The van der Waals surface area contributed by atoms with Crippen LogP contribution in [0.25, 0.3) is 0 Å². The standard InChI is InChI=1S/C19H21NO3/c1-12-9-18(23-4)13(2)8-16(12)11-19(22)20-17-7-5-6-15(10-17)14(3)21/h5-10H,11H2,1-4H3,(H,20,22). The molecule has 0 aromatic heterocycles. The van der Waals surface area contributed by atoms with Crippen molar-refractivity contribution >= 4 is 17.4 Å². The van der Waals surface area contributed by atoms with Gasteiger partial charge in [0, 0.05) is 11.3 Å². The van der Waals surface area contributed by atoms with Crippen molar-refractivity contribution in [1.82, 2.24) is 0 Å². The lowest BCUT2D eigenvalue weighted by Crippen LogP contribution is -2.15. The molecule has 0 saturated heterocycles. The number of aryl methyl sites for hydroxylation is 2. The van der Waals surface area contributed by atoms with E-state index < -0.39 is 0 Å². The van der Waals surface area contributed by atoms with Crippen LogP contribution in [0.4, 0.5) is 5.69 Å². The summed E-state index contributed by atoms with van der Waals surface area (Å²) in [5, 5.41) is 2.84. The highest BCUT2D eigenvalue weighted by Gasteiger charge is 2.10. The molecule has 0 aliphatic carbocycles. The summed E-state index contributed by atoms with van der Waals surface area (Å²) in [6.45, 7) is 5.42. The molecular formula is C19H21NO3. The largest absolute Gasteiger partial charge is 0.496 e. The van der Waals surface area contributed by atoms with Gasteiger partial charge in [-0.15, -0.1) is 0 Å². The molecule has 0 atom stereocenters. The van der Waals surface area contributed by atoms with E-state index in [1.165, 1.54) is 6.92 Å². The molecular weight excluding hydrogens is 290 g/mol. The van der Waals surface area contributed by atoms with Crippen LogP contribution in [0.1, 0.15) is 34.0 Å². The molecule has 0 saturated carbocycles. The van der Waals surface area contributed by atoms with Crippen molar-refractivity contribution in [2.45, 2.75) is 27.2 Å². The summed E-state index contributed by atoms with van der Waals surface area (Å²) in [5.74, 6) is 0.682. The van der Waals surface area contributed by atoms with Crippen LogP contribution >= 0.6 is 0 Å². The minimum Gasteiger partial charge on any atom is -0.496 e. The van der Waals surface area contributed by atoms with Crippen molar-refractivity contribution in [2.75, 3.05) is 12.4 Å². The normalized spacial score (nSPS) is 10.3. The van der Waals surface area contributed by atoms with Crippen LogP contribution < -0.4 is 10.1 Å². The SMILES string of the molecule is COc1cc(C)c(CC(=O)Nc2cccc(C(C)=O)c2)cc1C. The number of rotatable bonds is 5. The zero-order valence-electron chi connectivity index (χ0n) is 13.9. The van der Waals surface area contributed by atoms with E-state index in [-0.39, 0.29) is 18.1 Å².